The molecule has 2 aromatic rings. The van der Waals surface area contributed by atoms with Crippen LogP contribution in [-0.4, -0.2) is 50.8 Å². The zero-order valence-corrected chi connectivity index (χ0v) is 15.0. The monoisotopic (exact) mass is 361 g/mol. The molecule has 3 rings (SSSR count). The molecule has 2 N–H and O–H groups in total. The highest BCUT2D eigenvalue weighted by atomic mass is 32.1. The first kappa shape index (κ1) is 17.3. The number of nitrogens with zero attached hydrogens (tertiary/aromatic N) is 3. The highest BCUT2D eigenvalue weighted by Crippen LogP contribution is 2.18. The third kappa shape index (κ3) is 3.32. The molecular weight excluding hydrogens is 342 g/mol. The Bertz CT molecular complexity index is 873. The van der Waals surface area contributed by atoms with Crippen LogP contribution in [0.25, 0.3) is 11.5 Å². The van der Waals surface area contributed by atoms with E-state index in [0.29, 0.717) is 24.6 Å². The van der Waals surface area contributed by atoms with Crippen molar-refractivity contribution in [1.82, 2.24) is 25.2 Å². The quantitative estimate of drug-likeness (QED) is 0.841. The third-order valence-electron chi connectivity index (χ3n) is 4.04. The van der Waals surface area contributed by atoms with E-state index in [1.807, 2.05) is 20.8 Å². The summed E-state index contributed by atoms with van der Waals surface area (Å²) in [5.74, 6) is -0.423. The number of piperazine rings is 1. The summed E-state index contributed by atoms with van der Waals surface area (Å²) in [6.07, 6.45) is 1.26. The number of rotatable bonds is 3. The number of thiazole rings is 1. The van der Waals surface area contributed by atoms with Gasteiger partial charge >= 0.3 is 0 Å². The van der Waals surface area contributed by atoms with Crippen molar-refractivity contribution in [2.45, 2.75) is 26.8 Å². The molecule has 0 saturated carbocycles. The smallest absolute Gasteiger partial charge is 0.264 e. The minimum absolute atomic E-state index is 0.0615. The maximum absolute atomic E-state index is 12.8. The summed E-state index contributed by atoms with van der Waals surface area (Å²) in [6.45, 7) is 6.32. The molecule has 0 aliphatic carbocycles. The van der Waals surface area contributed by atoms with E-state index in [2.05, 4.69) is 20.3 Å². The molecule has 1 unspecified atom stereocenters. The van der Waals surface area contributed by atoms with Crippen LogP contribution in [0.2, 0.25) is 0 Å². The van der Waals surface area contributed by atoms with Gasteiger partial charge in [0.2, 0.25) is 5.91 Å². The van der Waals surface area contributed by atoms with Crippen molar-refractivity contribution in [3.05, 3.63) is 32.5 Å². The van der Waals surface area contributed by atoms with Gasteiger partial charge in [-0.1, -0.05) is 13.8 Å². The van der Waals surface area contributed by atoms with E-state index in [4.69, 9.17) is 0 Å². The van der Waals surface area contributed by atoms with E-state index in [9.17, 15) is 14.4 Å². The Morgan fingerprint density at radius 2 is 2.16 bits per heavy atom. The number of H-pyrrole nitrogens is 1. The second kappa shape index (κ2) is 6.75. The van der Waals surface area contributed by atoms with E-state index < -0.39 is 17.5 Å². The number of hydrogen-bond donors (Lipinski definition) is 2. The SMILES string of the molecule is Cc1nc(-c2ncc(C(=O)N3CCNC(=O)C3C(C)C)c(=O)[nH]2)cs1. The summed E-state index contributed by atoms with van der Waals surface area (Å²) in [7, 11) is 0. The fourth-order valence-electron chi connectivity index (χ4n) is 2.88. The molecule has 1 fully saturated rings. The Hall–Kier alpha value is -2.55. The van der Waals surface area contributed by atoms with Crippen molar-refractivity contribution in [3.8, 4) is 11.5 Å². The average Bonchev–Trinajstić information content (AvgIpc) is 3.00. The number of aryl methyl sites for hydroxylation is 1. The van der Waals surface area contributed by atoms with E-state index in [-0.39, 0.29) is 17.4 Å². The molecule has 25 heavy (non-hydrogen) atoms. The number of aromatic amines is 1. The summed E-state index contributed by atoms with van der Waals surface area (Å²) in [6, 6.07) is -0.596. The maximum Gasteiger partial charge on any atom is 0.264 e. The Morgan fingerprint density at radius 1 is 1.40 bits per heavy atom. The lowest BCUT2D eigenvalue weighted by Gasteiger charge is -2.37. The van der Waals surface area contributed by atoms with Crippen LogP contribution in [0, 0.1) is 12.8 Å². The number of nitrogens with one attached hydrogen (secondary N) is 2. The lowest BCUT2D eigenvalue weighted by Crippen LogP contribution is -2.59. The number of amides is 2. The number of carbonyl (C=O) groups is 2. The summed E-state index contributed by atoms with van der Waals surface area (Å²) < 4.78 is 0. The molecule has 2 amide bonds. The van der Waals surface area contributed by atoms with Gasteiger partial charge in [-0.15, -0.1) is 11.3 Å². The van der Waals surface area contributed by atoms with Gasteiger partial charge in [0.15, 0.2) is 5.82 Å². The van der Waals surface area contributed by atoms with Crippen LogP contribution in [0.1, 0.15) is 29.2 Å². The van der Waals surface area contributed by atoms with Crippen molar-refractivity contribution in [2.75, 3.05) is 13.1 Å². The van der Waals surface area contributed by atoms with E-state index in [1.165, 1.54) is 22.4 Å². The minimum atomic E-state index is -0.596. The lowest BCUT2D eigenvalue weighted by atomic mass is 9.99. The largest absolute Gasteiger partial charge is 0.353 e. The Balaban J connectivity index is 1.92. The maximum atomic E-state index is 12.8. The molecule has 9 heteroatoms. The molecule has 0 aromatic carbocycles. The molecule has 2 aromatic heterocycles. The zero-order valence-electron chi connectivity index (χ0n) is 14.2. The highest BCUT2D eigenvalue weighted by molar-refractivity contribution is 7.09. The predicted octanol–water partition coefficient (Wildman–Crippen LogP) is 0.798. The standard InChI is InChI=1S/C16H19N5O3S/c1-8(2)12-15(23)17-4-5-21(12)16(24)10-6-18-13(20-14(10)22)11-7-25-9(3)19-11/h6-8,12H,4-5H2,1-3H3,(H,17,23)(H,18,20,22). The van der Waals surface area contributed by atoms with Crippen molar-refractivity contribution in [3.63, 3.8) is 0 Å². The fourth-order valence-corrected chi connectivity index (χ4v) is 3.48. The molecule has 1 saturated heterocycles. The van der Waals surface area contributed by atoms with E-state index >= 15 is 0 Å². The van der Waals surface area contributed by atoms with Gasteiger partial charge in [0.05, 0.1) is 5.01 Å². The second-order valence-corrected chi connectivity index (χ2v) is 7.27. The molecule has 132 valence electrons. The van der Waals surface area contributed by atoms with Crippen LogP contribution in [0.5, 0.6) is 0 Å². The average molecular weight is 361 g/mol. The summed E-state index contributed by atoms with van der Waals surface area (Å²) >= 11 is 1.45. The van der Waals surface area contributed by atoms with Crippen LogP contribution < -0.4 is 10.9 Å². The van der Waals surface area contributed by atoms with E-state index in [1.54, 1.807) is 5.38 Å². The van der Waals surface area contributed by atoms with Gasteiger partial charge in [-0.2, -0.15) is 0 Å². The predicted molar refractivity (Wildman–Crippen MR) is 93.4 cm³/mol. The minimum Gasteiger partial charge on any atom is -0.353 e. The van der Waals surface area contributed by atoms with Crippen molar-refractivity contribution < 1.29 is 9.59 Å². The van der Waals surface area contributed by atoms with Crippen LogP contribution in [0.3, 0.4) is 0 Å². The fraction of sp³-hybridized carbons (Fsp3) is 0.438. The molecule has 3 heterocycles. The molecular formula is C16H19N5O3S. The molecule has 1 aliphatic heterocycles. The summed E-state index contributed by atoms with van der Waals surface area (Å²) in [4.78, 5) is 49.8. The first-order chi connectivity index (χ1) is 11.9. The topological polar surface area (TPSA) is 108 Å². The van der Waals surface area contributed by atoms with Gasteiger partial charge in [0, 0.05) is 24.7 Å². The number of aromatic nitrogens is 3. The molecule has 0 radical (unpaired) electrons. The highest BCUT2D eigenvalue weighted by Gasteiger charge is 2.36. The van der Waals surface area contributed by atoms with Crippen molar-refractivity contribution >= 4 is 23.2 Å². The lowest BCUT2D eigenvalue weighted by molar-refractivity contribution is -0.129. The van der Waals surface area contributed by atoms with E-state index in [0.717, 1.165) is 5.01 Å². The van der Waals surface area contributed by atoms with Gasteiger partial charge in [-0.05, 0) is 12.8 Å². The van der Waals surface area contributed by atoms with Crippen LogP contribution in [0.15, 0.2) is 16.4 Å². The van der Waals surface area contributed by atoms with Gasteiger partial charge in [-0.3, -0.25) is 14.4 Å². The summed E-state index contributed by atoms with van der Waals surface area (Å²) in [5, 5.41) is 5.40. The Morgan fingerprint density at radius 3 is 2.76 bits per heavy atom. The second-order valence-electron chi connectivity index (χ2n) is 6.20. The molecule has 1 atom stereocenters. The van der Waals surface area contributed by atoms with Crippen LogP contribution in [0.4, 0.5) is 0 Å². The van der Waals surface area contributed by atoms with Crippen LogP contribution in [-0.2, 0) is 4.79 Å². The third-order valence-corrected chi connectivity index (χ3v) is 4.81. The normalized spacial score (nSPS) is 17.7. The van der Waals surface area contributed by atoms with Gasteiger partial charge in [-0.25, -0.2) is 9.97 Å². The Kier molecular flexibility index (Phi) is 4.67. The molecule has 0 bridgehead atoms. The zero-order chi connectivity index (χ0) is 18.1. The van der Waals surface area contributed by atoms with Crippen LogP contribution >= 0.6 is 11.3 Å². The van der Waals surface area contributed by atoms with Crippen molar-refractivity contribution in [2.24, 2.45) is 5.92 Å². The van der Waals surface area contributed by atoms with Gasteiger partial charge in [0.25, 0.3) is 11.5 Å². The summed E-state index contributed by atoms with van der Waals surface area (Å²) in [5.41, 5.74) is -0.0406. The first-order valence-electron chi connectivity index (χ1n) is 7.99. The first-order valence-corrected chi connectivity index (χ1v) is 8.87. The molecule has 8 nitrogen and oxygen atoms in total. The Labute approximate surface area is 148 Å². The van der Waals surface area contributed by atoms with Gasteiger partial charge < -0.3 is 15.2 Å². The van der Waals surface area contributed by atoms with Crippen molar-refractivity contribution in [1.29, 1.82) is 0 Å². The number of hydrogen-bond acceptors (Lipinski definition) is 6. The number of carbonyl (C=O) groups excluding carboxylic acids is 2. The molecule has 1 aliphatic rings. The van der Waals surface area contributed by atoms with Gasteiger partial charge in [0.1, 0.15) is 17.3 Å². The molecule has 0 spiro atoms.